The summed E-state index contributed by atoms with van der Waals surface area (Å²) in [6, 6.07) is 0.215. The molecule has 1 saturated carbocycles. The summed E-state index contributed by atoms with van der Waals surface area (Å²) < 4.78 is 0. The van der Waals surface area contributed by atoms with Crippen molar-refractivity contribution in [1.29, 1.82) is 0 Å². The Hall–Kier alpha value is -0.510. The van der Waals surface area contributed by atoms with Crippen molar-refractivity contribution in [3.05, 3.63) is 0 Å². The first kappa shape index (κ1) is 13.9. The third-order valence-electron chi connectivity index (χ3n) is 4.21. The van der Waals surface area contributed by atoms with E-state index in [-0.39, 0.29) is 17.9 Å². The average molecular weight is 269 g/mol. The number of carbonyl (C=O) groups excluding carboxylic acids is 2. The fourth-order valence-electron chi connectivity index (χ4n) is 3.27. The molecule has 102 valence electrons. The Morgan fingerprint density at radius 3 is 2.89 bits per heavy atom. The van der Waals surface area contributed by atoms with Crippen LogP contribution in [-0.2, 0) is 9.59 Å². The molecule has 2 fully saturated rings. The third kappa shape index (κ3) is 3.08. The summed E-state index contributed by atoms with van der Waals surface area (Å²) in [5.74, 6) is 1.68. The lowest BCUT2D eigenvalue weighted by Gasteiger charge is -2.33. The largest absolute Gasteiger partial charge is 0.339 e. The van der Waals surface area contributed by atoms with Crippen molar-refractivity contribution < 1.29 is 9.59 Å². The predicted molar refractivity (Wildman–Crippen MR) is 74.7 cm³/mol. The standard InChI is InChI=1S/C14H23NO2S/c1-18-10-8-14(17)15-9-4-6-12(15)11-5-2-3-7-13(11)16/h11-12H,2-10H2,1H3. The SMILES string of the molecule is CSCCC(=O)N1CCCC1C1CCCCC1=O. The van der Waals surface area contributed by atoms with Crippen molar-refractivity contribution in [3.8, 4) is 0 Å². The van der Waals surface area contributed by atoms with Gasteiger partial charge in [-0.05, 0) is 31.9 Å². The van der Waals surface area contributed by atoms with Crippen LogP contribution in [0.2, 0.25) is 0 Å². The lowest BCUT2D eigenvalue weighted by molar-refractivity contribution is -0.135. The first-order valence-electron chi connectivity index (χ1n) is 7.05. The van der Waals surface area contributed by atoms with Crippen molar-refractivity contribution in [3.63, 3.8) is 0 Å². The van der Waals surface area contributed by atoms with E-state index < -0.39 is 0 Å². The zero-order valence-electron chi connectivity index (χ0n) is 11.2. The van der Waals surface area contributed by atoms with Crippen LogP contribution in [0.5, 0.6) is 0 Å². The molecule has 1 amide bonds. The van der Waals surface area contributed by atoms with Crippen LogP contribution in [0.4, 0.5) is 0 Å². The number of amides is 1. The van der Waals surface area contributed by atoms with E-state index in [4.69, 9.17) is 0 Å². The van der Waals surface area contributed by atoms with Crippen LogP contribution in [0.25, 0.3) is 0 Å². The maximum Gasteiger partial charge on any atom is 0.223 e. The van der Waals surface area contributed by atoms with E-state index in [1.165, 1.54) is 0 Å². The molecule has 4 heteroatoms. The van der Waals surface area contributed by atoms with E-state index in [0.717, 1.165) is 50.8 Å². The lowest BCUT2D eigenvalue weighted by atomic mass is 9.82. The molecule has 1 aliphatic carbocycles. The molecule has 0 N–H and O–H groups in total. The zero-order valence-corrected chi connectivity index (χ0v) is 12.0. The Kier molecular flexibility index (Phi) is 5.10. The monoisotopic (exact) mass is 269 g/mol. The summed E-state index contributed by atoms with van der Waals surface area (Å²) >= 11 is 1.71. The molecular formula is C14H23NO2S. The van der Waals surface area contributed by atoms with Gasteiger partial charge < -0.3 is 4.90 Å². The van der Waals surface area contributed by atoms with Gasteiger partial charge in [-0.25, -0.2) is 0 Å². The summed E-state index contributed by atoms with van der Waals surface area (Å²) in [4.78, 5) is 26.2. The van der Waals surface area contributed by atoms with Crippen molar-refractivity contribution in [2.24, 2.45) is 5.92 Å². The number of hydrogen-bond acceptors (Lipinski definition) is 3. The second-order valence-electron chi connectivity index (χ2n) is 5.36. The summed E-state index contributed by atoms with van der Waals surface area (Å²) in [5.41, 5.74) is 0. The Morgan fingerprint density at radius 2 is 2.17 bits per heavy atom. The van der Waals surface area contributed by atoms with Crippen LogP contribution >= 0.6 is 11.8 Å². The Balaban J connectivity index is 1.97. The van der Waals surface area contributed by atoms with Crippen LogP contribution in [-0.4, -0.2) is 41.2 Å². The van der Waals surface area contributed by atoms with Crippen LogP contribution in [0.15, 0.2) is 0 Å². The molecule has 0 aromatic carbocycles. The Morgan fingerprint density at radius 1 is 1.33 bits per heavy atom. The fraction of sp³-hybridized carbons (Fsp3) is 0.857. The number of thioether (sulfide) groups is 1. The molecule has 0 aromatic heterocycles. The molecule has 2 unspecified atom stereocenters. The third-order valence-corrected chi connectivity index (χ3v) is 4.82. The first-order valence-corrected chi connectivity index (χ1v) is 8.44. The number of Topliss-reactive ketones (excluding diaryl/α,β-unsaturated/α-hetero) is 1. The minimum Gasteiger partial charge on any atom is -0.339 e. The van der Waals surface area contributed by atoms with E-state index in [0.29, 0.717) is 12.2 Å². The van der Waals surface area contributed by atoms with E-state index in [9.17, 15) is 9.59 Å². The molecule has 1 heterocycles. The highest BCUT2D eigenvalue weighted by molar-refractivity contribution is 7.98. The quantitative estimate of drug-likeness (QED) is 0.787. The number of rotatable bonds is 4. The fourth-order valence-corrected chi connectivity index (χ4v) is 3.65. The topological polar surface area (TPSA) is 37.4 Å². The summed E-state index contributed by atoms with van der Waals surface area (Å²) in [5, 5.41) is 0. The highest BCUT2D eigenvalue weighted by Crippen LogP contribution is 2.32. The van der Waals surface area contributed by atoms with Gasteiger partial charge in [-0.1, -0.05) is 6.42 Å². The van der Waals surface area contributed by atoms with Crippen LogP contribution in [0, 0.1) is 5.92 Å². The van der Waals surface area contributed by atoms with Crippen LogP contribution < -0.4 is 0 Å². The number of carbonyl (C=O) groups is 2. The smallest absolute Gasteiger partial charge is 0.223 e. The van der Waals surface area contributed by atoms with E-state index >= 15 is 0 Å². The molecule has 1 aliphatic heterocycles. The maximum absolute atomic E-state index is 12.2. The first-order chi connectivity index (χ1) is 8.74. The minimum atomic E-state index is 0.138. The normalized spacial score (nSPS) is 28.7. The summed E-state index contributed by atoms with van der Waals surface area (Å²) in [6.07, 6.45) is 8.67. The molecular weight excluding hydrogens is 246 g/mol. The maximum atomic E-state index is 12.2. The molecule has 0 radical (unpaired) electrons. The van der Waals surface area contributed by atoms with Gasteiger partial charge in [0.2, 0.25) is 5.91 Å². The van der Waals surface area contributed by atoms with Gasteiger partial charge in [0.05, 0.1) is 0 Å². The van der Waals surface area contributed by atoms with Gasteiger partial charge in [-0.3, -0.25) is 9.59 Å². The zero-order chi connectivity index (χ0) is 13.0. The van der Waals surface area contributed by atoms with E-state index in [2.05, 4.69) is 0 Å². The molecule has 3 nitrogen and oxygen atoms in total. The molecule has 0 aromatic rings. The molecule has 0 spiro atoms. The van der Waals surface area contributed by atoms with Gasteiger partial charge in [-0.2, -0.15) is 11.8 Å². The second-order valence-corrected chi connectivity index (χ2v) is 6.34. The lowest BCUT2D eigenvalue weighted by Crippen LogP contribution is -2.43. The molecule has 0 bridgehead atoms. The Bertz CT molecular complexity index is 319. The molecule has 1 saturated heterocycles. The highest BCUT2D eigenvalue weighted by atomic mass is 32.2. The Labute approximate surface area is 114 Å². The van der Waals surface area contributed by atoms with E-state index in [1.54, 1.807) is 11.8 Å². The predicted octanol–water partition coefficient (Wildman–Crippen LogP) is 2.49. The second kappa shape index (κ2) is 6.60. The molecule has 2 rings (SSSR count). The number of nitrogens with zero attached hydrogens (tertiary/aromatic N) is 1. The summed E-state index contributed by atoms with van der Waals surface area (Å²) in [6.45, 7) is 0.863. The van der Waals surface area contributed by atoms with E-state index in [1.807, 2.05) is 11.2 Å². The van der Waals surface area contributed by atoms with Gasteiger partial charge >= 0.3 is 0 Å². The number of hydrogen-bond donors (Lipinski definition) is 0. The number of likely N-dealkylation sites (tertiary alicyclic amines) is 1. The minimum absolute atomic E-state index is 0.138. The van der Waals surface area contributed by atoms with Crippen LogP contribution in [0.1, 0.15) is 44.9 Å². The average Bonchev–Trinajstić information content (AvgIpc) is 2.85. The van der Waals surface area contributed by atoms with Gasteiger partial charge in [0.15, 0.2) is 0 Å². The number of ketones is 1. The van der Waals surface area contributed by atoms with Gasteiger partial charge in [0.25, 0.3) is 0 Å². The molecule has 2 atom stereocenters. The van der Waals surface area contributed by atoms with Crippen LogP contribution in [0.3, 0.4) is 0 Å². The van der Waals surface area contributed by atoms with Gasteiger partial charge in [0, 0.05) is 37.1 Å². The van der Waals surface area contributed by atoms with Crippen molar-refractivity contribution in [2.45, 2.75) is 51.0 Å². The van der Waals surface area contributed by atoms with Crippen molar-refractivity contribution in [2.75, 3.05) is 18.6 Å². The van der Waals surface area contributed by atoms with Gasteiger partial charge in [0.1, 0.15) is 5.78 Å². The summed E-state index contributed by atoms with van der Waals surface area (Å²) in [7, 11) is 0. The van der Waals surface area contributed by atoms with Crippen molar-refractivity contribution >= 4 is 23.5 Å². The van der Waals surface area contributed by atoms with Gasteiger partial charge in [-0.15, -0.1) is 0 Å². The molecule has 18 heavy (non-hydrogen) atoms. The van der Waals surface area contributed by atoms with Crippen molar-refractivity contribution in [1.82, 2.24) is 4.90 Å². The highest BCUT2D eigenvalue weighted by Gasteiger charge is 2.38. The molecule has 2 aliphatic rings.